The molecule has 0 spiro atoms. The molecule has 27 heavy (non-hydrogen) atoms. The highest BCUT2D eigenvalue weighted by molar-refractivity contribution is 9.10. The Hall–Kier alpha value is -2.18. The topological polar surface area (TPSA) is 67.8 Å². The van der Waals surface area contributed by atoms with Gasteiger partial charge in [0, 0.05) is 10.0 Å². The van der Waals surface area contributed by atoms with Gasteiger partial charge in [-0.3, -0.25) is 4.79 Å². The fraction of sp³-hybridized carbons (Fsp3) is 0.250. The molecule has 0 saturated carbocycles. The van der Waals surface area contributed by atoms with Gasteiger partial charge in [-0.05, 0) is 64.7 Å². The highest BCUT2D eigenvalue weighted by atomic mass is 79.9. The maximum absolute atomic E-state index is 12.4. The number of halogens is 2. The van der Waals surface area contributed by atoms with Crippen LogP contribution >= 0.6 is 27.5 Å². The zero-order valence-corrected chi connectivity index (χ0v) is 17.4. The zero-order valence-electron chi connectivity index (χ0n) is 15.1. The van der Waals surface area contributed by atoms with Crippen molar-refractivity contribution in [2.45, 2.75) is 20.8 Å². The predicted molar refractivity (Wildman–Crippen MR) is 110 cm³/mol. The first-order valence-corrected chi connectivity index (χ1v) is 9.61. The number of aliphatic imine (C=N–C) groups is 1. The van der Waals surface area contributed by atoms with Crippen LogP contribution in [0.5, 0.6) is 0 Å². The second-order valence-corrected chi connectivity index (χ2v) is 7.91. The number of nitrogens with zero attached hydrogens (tertiary/aromatic N) is 1. The highest BCUT2D eigenvalue weighted by Crippen LogP contribution is 2.38. The molecule has 1 aliphatic heterocycles. The van der Waals surface area contributed by atoms with E-state index in [1.54, 1.807) is 30.3 Å². The summed E-state index contributed by atoms with van der Waals surface area (Å²) in [5.41, 5.74) is 3.46. The smallest absolute Gasteiger partial charge is 0.338 e. The van der Waals surface area contributed by atoms with E-state index in [1.165, 1.54) is 0 Å². The number of fused-ring (bicyclic) bond motifs is 1. The molecule has 0 unspecified atom stereocenters. The maximum Gasteiger partial charge on any atom is 0.338 e. The molecule has 2 aromatic carbocycles. The maximum atomic E-state index is 12.4. The van der Waals surface area contributed by atoms with E-state index in [0.29, 0.717) is 44.3 Å². The van der Waals surface area contributed by atoms with E-state index in [4.69, 9.17) is 16.3 Å². The third-order valence-corrected chi connectivity index (χ3v) is 5.40. The third kappa shape index (κ3) is 4.06. The number of hydrogen-bond acceptors (Lipinski definition) is 4. The summed E-state index contributed by atoms with van der Waals surface area (Å²) in [5, 5.41) is 3.37. The van der Waals surface area contributed by atoms with Crippen LogP contribution in [0, 0.1) is 12.8 Å². The molecule has 140 valence electrons. The van der Waals surface area contributed by atoms with Gasteiger partial charge in [-0.15, -0.1) is 0 Å². The van der Waals surface area contributed by atoms with E-state index in [1.807, 2.05) is 20.8 Å². The summed E-state index contributed by atoms with van der Waals surface area (Å²) < 4.78 is 5.91. The van der Waals surface area contributed by atoms with E-state index < -0.39 is 0 Å². The number of carbonyl (C=O) groups excluding carboxylic acids is 2. The van der Waals surface area contributed by atoms with Gasteiger partial charge in [-0.2, -0.15) is 0 Å². The number of amides is 1. The molecule has 1 aliphatic rings. The molecule has 0 aliphatic carbocycles. The van der Waals surface area contributed by atoms with Crippen LogP contribution in [0.3, 0.4) is 0 Å². The minimum absolute atomic E-state index is 0.275. The first kappa shape index (κ1) is 19.6. The van der Waals surface area contributed by atoms with Crippen LogP contribution in [0.25, 0.3) is 0 Å². The lowest BCUT2D eigenvalue weighted by Crippen LogP contribution is -2.14. The Labute approximate surface area is 170 Å². The number of rotatable bonds is 4. The van der Waals surface area contributed by atoms with E-state index in [-0.39, 0.29) is 17.8 Å². The molecule has 2 aromatic rings. The summed E-state index contributed by atoms with van der Waals surface area (Å²) in [5.74, 6) is -0.388. The summed E-state index contributed by atoms with van der Waals surface area (Å²) in [7, 11) is 0. The normalized spacial score (nSPS) is 14.4. The van der Waals surface area contributed by atoms with Crippen molar-refractivity contribution in [3.63, 3.8) is 0 Å². The standard InChI is InChI=1S/C20H18BrClN2O3/c1-10(2)9-27-20(26)12-4-6-13(7-5-12)23-18-14-8-15(21)16(22)11(3)17(14)24-19(18)25/h4-8,10H,9H2,1-3H3,(H,23,24,25). The lowest BCUT2D eigenvalue weighted by Gasteiger charge is -2.07. The van der Waals surface area contributed by atoms with Crippen LogP contribution in [0.2, 0.25) is 5.02 Å². The van der Waals surface area contributed by atoms with Gasteiger partial charge in [-0.1, -0.05) is 25.4 Å². The molecule has 3 rings (SSSR count). The Bertz CT molecular complexity index is 953. The number of benzene rings is 2. The van der Waals surface area contributed by atoms with Crippen molar-refractivity contribution in [1.29, 1.82) is 0 Å². The van der Waals surface area contributed by atoms with Gasteiger partial charge in [0.15, 0.2) is 0 Å². The molecular weight excluding hydrogens is 432 g/mol. The Kier molecular flexibility index (Phi) is 5.67. The van der Waals surface area contributed by atoms with E-state index in [0.717, 1.165) is 5.56 Å². The first-order chi connectivity index (χ1) is 12.8. The number of hydrogen-bond donors (Lipinski definition) is 1. The van der Waals surface area contributed by atoms with Gasteiger partial charge in [0.2, 0.25) is 0 Å². The fourth-order valence-electron chi connectivity index (χ4n) is 2.63. The van der Waals surface area contributed by atoms with Crippen LogP contribution in [0.15, 0.2) is 39.8 Å². The molecule has 1 amide bonds. The Balaban J connectivity index is 1.88. The predicted octanol–water partition coefficient (Wildman–Crippen LogP) is 5.30. The number of carbonyl (C=O) groups is 2. The van der Waals surface area contributed by atoms with Crippen LogP contribution in [-0.2, 0) is 9.53 Å². The summed E-state index contributed by atoms with van der Waals surface area (Å²) in [6.45, 7) is 6.16. The lowest BCUT2D eigenvalue weighted by molar-refractivity contribution is -0.110. The Morgan fingerprint density at radius 2 is 1.96 bits per heavy atom. The molecular formula is C20H18BrClN2O3. The van der Waals surface area contributed by atoms with Gasteiger partial charge < -0.3 is 10.1 Å². The van der Waals surface area contributed by atoms with Gasteiger partial charge in [-0.25, -0.2) is 9.79 Å². The van der Waals surface area contributed by atoms with E-state index in [2.05, 4.69) is 26.2 Å². The van der Waals surface area contributed by atoms with Gasteiger partial charge in [0.25, 0.3) is 5.91 Å². The molecule has 1 N–H and O–H groups in total. The van der Waals surface area contributed by atoms with Crippen LogP contribution < -0.4 is 5.32 Å². The van der Waals surface area contributed by atoms with Crippen molar-refractivity contribution in [3.8, 4) is 0 Å². The van der Waals surface area contributed by atoms with Crippen molar-refractivity contribution >= 4 is 56.5 Å². The van der Waals surface area contributed by atoms with Gasteiger partial charge >= 0.3 is 5.97 Å². The van der Waals surface area contributed by atoms with Crippen molar-refractivity contribution < 1.29 is 14.3 Å². The van der Waals surface area contributed by atoms with E-state index in [9.17, 15) is 9.59 Å². The molecule has 0 radical (unpaired) electrons. The monoisotopic (exact) mass is 448 g/mol. The molecule has 0 atom stereocenters. The molecule has 0 bridgehead atoms. The lowest BCUT2D eigenvalue weighted by atomic mass is 10.1. The minimum atomic E-state index is -0.374. The molecule has 0 aromatic heterocycles. The number of anilines is 1. The second kappa shape index (κ2) is 7.82. The van der Waals surface area contributed by atoms with E-state index >= 15 is 0 Å². The quantitative estimate of drug-likeness (QED) is 0.644. The molecule has 1 heterocycles. The number of ether oxygens (including phenoxy) is 1. The first-order valence-electron chi connectivity index (χ1n) is 8.44. The Morgan fingerprint density at radius 3 is 2.59 bits per heavy atom. The summed E-state index contributed by atoms with van der Waals surface area (Å²) in [6.07, 6.45) is 0. The van der Waals surface area contributed by atoms with Crippen molar-refractivity contribution in [2.75, 3.05) is 11.9 Å². The highest BCUT2D eigenvalue weighted by Gasteiger charge is 2.29. The van der Waals surface area contributed by atoms with Crippen LogP contribution in [0.4, 0.5) is 11.4 Å². The largest absolute Gasteiger partial charge is 0.462 e. The van der Waals surface area contributed by atoms with Gasteiger partial charge in [0.1, 0.15) is 5.71 Å². The summed E-state index contributed by atoms with van der Waals surface area (Å²) in [6, 6.07) is 8.42. The second-order valence-electron chi connectivity index (χ2n) is 6.67. The fourth-order valence-corrected chi connectivity index (χ4v) is 3.31. The molecule has 0 saturated heterocycles. The van der Waals surface area contributed by atoms with Crippen LogP contribution in [0.1, 0.15) is 35.3 Å². The minimum Gasteiger partial charge on any atom is -0.462 e. The zero-order chi connectivity index (χ0) is 19.7. The summed E-state index contributed by atoms with van der Waals surface area (Å²) in [4.78, 5) is 28.8. The average molecular weight is 450 g/mol. The number of nitrogens with one attached hydrogen (secondary N) is 1. The Morgan fingerprint density at radius 1 is 1.30 bits per heavy atom. The molecule has 0 fully saturated rings. The summed E-state index contributed by atoms with van der Waals surface area (Å²) >= 11 is 9.63. The van der Waals surface area contributed by atoms with Crippen molar-refractivity contribution in [1.82, 2.24) is 0 Å². The third-order valence-electron chi connectivity index (χ3n) is 4.05. The average Bonchev–Trinajstić information content (AvgIpc) is 2.94. The van der Waals surface area contributed by atoms with Gasteiger partial charge in [0.05, 0.1) is 28.6 Å². The number of esters is 1. The van der Waals surface area contributed by atoms with Crippen LogP contribution in [-0.4, -0.2) is 24.2 Å². The molecule has 7 heteroatoms. The SMILES string of the molecule is Cc1c(Cl)c(Br)cc2c1NC(=O)C2=Nc1ccc(C(=O)OCC(C)C)cc1. The van der Waals surface area contributed by atoms with Crippen molar-refractivity contribution in [2.24, 2.45) is 10.9 Å². The van der Waals surface area contributed by atoms with Crippen molar-refractivity contribution in [3.05, 3.63) is 56.5 Å². The molecule has 5 nitrogen and oxygen atoms in total.